The van der Waals surface area contributed by atoms with Crippen molar-refractivity contribution in [1.29, 1.82) is 0 Å². The van der Waals surface area contributed by atoms with Gasteiger partial charge >= 0.3 is 6.03 Å². The number of halogens is 1. The summed E-state index contributed by atoms with van der Waals surface area (Å²) >= 11 is 1.24. The Morgan fingerprint density at radius 1 is 1.32 bits per heavy atom. The lowest BCUT2D eigenvalue weighted by Gasteiger charge is -2.13. The van der Waals surface area contributed by atoms with Crippen molar-refractivity contribution in [3.63, 3.8) is 0 Å². The number of rotatable bonds is 6. The van der Waals surface area contributed by atoms with Gasteiger partial charge in [0.1, 0.15) is 11.6 Å². The lowest BCUT2D eigenvalue weighted by Crippen LogP contribution is -2.28. The number of aryl methyl sites for hydroxylation is 1. The van der Waals surface area contributed by atoms with Crippen molar-refractivity contribution in [1.82, 2.24) is 20.4 Å². The molecule has 0 aliphatic heterocycles. The highest BCUT2D eigenvalue weighted by Crippen LogP contribution is 2.17. The van der Waals surface area contributed by atoms with Gasteiger partial charge in [-0.3, -0.25) is 10.1 Å². The van der Waals surface area contributed by atoms with Gasteiger partial charge in [-0.15, -0.1) is 11.3 Å². The monoisotopic (exact) mass is 403 g/mol. The average molecular weight is 403 g/mol. The van der Waals surface area contributed by atoms with E-state index >= 15 is 0 Å². The molecule has 0 saturated carbocycles. The Hall–Kier alpha value is -3.27. The Morgan fingerprint density at radius 3 is 2.86 bits per heavy atom. The fourth-order valence-electron chi connectivity index (χ4n) is 2.39. The summed E-state index contributed by atoms with van der Waals surface area (Å²) in [6.45, 7) is 2.16. The maximum absolute atomic E-state index is 13.1. The predicted molar refractivity (Wildman–Crippen MR) is 101 cm³/mol. The summed E-state index contributed by atoms with van der Waals surface area (Å²) in [5, 5.41) is 11.1. The first kappa shape index (κ1) is 19.5. The SMILES string of the molecule is Cc1cc(C(=O)N(C)Cc2csc(NC(=O)NCc3cccc(F)c3)n2)no1. The highest BCUT2D eigenvalue weighted by atomic mass is 32.1. The average Bonchev–Trinajstić information content (AvgIpc) is 3.28. The second kappa shape index (κ2) is 8.61. The lowest BCUT2D eigenvalue weighted by molar-refractivity contribution is 0.0773. The van der Waals surface area contributed by atoms with Gasteiger partial charge in [-0.25, -0.2) is 14.2 Å². The van der Waals surface area contributed by atoms with Gasteiger partial charge in [-0.2, -0.15) is 0 Å². The quantitative estimate of drug-likeness (QED) is 0.658. The number of aromatic nitrogens is 2. The number of hydrogen-bond acceptors (Lipinski definition) is 6. The molecule has 10 heteroatoms. The number of carbonyl (C=O) groups is 2. The van der Waals surface area contributed by atoms with Crippen molar-refractivity contribution in [3.05, 3.63) is 64.2 Å². The molecule has 28 heavy (non-hydrogen) atoms. The predicted octanol–water partition coefficient (Wildman–Crippen LogP) is 3.17. The molecule has 0 fully saturated rings. The molecule has 0 aliphatic rings. The maximum atomic E-state index is 13.1. The Bertz CT molecular complexity index is 987. The third kappa shape index (κ3) is 5.13. The van der Waals surface area contributed by atoms with Crippen molar-refractivity contribution in [2.45, 2.75) is 20.0 Å². The Labute approximate surface area is 164 Å². The van der Waals surface area contributed by atoms with Crippen LogP contribution in [0.5, 0.6) is 0 Å². The second-order valence-corrected chi connectivity index (χ2v) is 6.92. The van der Waals surface area contributed by atoms with E-state index in [4.69, 9.17) is 4.52 Å². The summed E-state index contributed by atoms with van der Waals surface area (Å²) in [5.74, 6) is -0.0861. The Kier molecular flexibility index (Phi) is 5.99. The Morgan fingerprint density at radius 2 is 2.14 bits per heavy atom. The topological polar surface area (TPSA) is 100 Å². The number of anilines is 1. The van der Waals surface area contributed by atoms with Crippen LogP contribution in [-0.2, 0) is 13.1 Å². The van der Waals surface area contributed by atoms with Gasteiger partial charge in [0.2, 0.25) is 0 Å². The summed E-state index contributed by atoms with van der Waals surface area (Å²) in [7, 11) is 1.63. The summed E-state index contributed by atoms with van der Waals surface area (Å²) in [6.07, 6.45) is 0. The van der Waals surface area contributed by atoms with E-state index in [1.807, 2.05) is 0 Å². The van der Waals surface area contributed by atoms with Crippen LogP contribution >= 0.6 is 11.3 Å². The number of urea groups is 1. The lowest BCUT2D eigenvalue weighted by atomic mass is 10.2. The molecule has 1 aromatic carbocycles. The van der Waals surface area contributed by atoms with E-state index in [1.165, 1.54) is 28.4 Å². The first-order valence-electron chi connectivity index (χ1n) is 8.33. The van der Waals surface area contributed by atoms with Crippen molar-refractivity contribution < 1.29 is 18.5 Å². The minimum absolute atomic E-state index is 0.191. The smallest absolute Gasteiger partial charge is 0.321 e. The molecule has 0 aliphatic carbocycles. The minimum Gasteiger partial charge on any atom is -0.361 e. The molecule has 0 saturated heterocycles. The van der Waals surface area contributed by atoms with E-state index in [0.29, 0.717) is 22.1 Å². The largest absolute Gasteiger partial charge is 0.361 e. The molecule has 3 rings (SSSR count). The van der Waals surface area contributed by atoms with Gasteiger partial charge in [0.05, 0.1) is 12.2 Å². The molecule has 0 spiro atoms. The molecular formula is C18H18FN5O3S. The molecule has 3 aromatic rings. The van der Waals surface area contributed by atoms with Crippen molar-refractivity contribution in [3.8, 4) is 0 Å². The van der Waals surface area contributed by atoms with E-state index < -0.39 is 6.03 Å². The van der Waals surface area contributed by atoms with Crippen LogP contribution in [0.3, 0.4) is 0 Å². The van der Waals surface area contributed by atoms with Gasteiger partial charge in [0.25, 0.3) is 5.91 Å². The molecule has 0 radical (unpaired) electrons. The summed E-state index contributed by atoms with van der Waals surface area (Å²) in [5.41, 5.74) is 1.50. The zero-order valence-electron chi connectivity index (χ0n) is 15.2. The van der Waals surface area contributed by atoms with E-state index in [2.05, 4.69) is 20.8 Å². The number of carbonyl (C=O) groups excluding carboxylic acids is 2. The molecule has 2 aromatic heterocycles. The fraction of sp³-hybridized carbons (Fsp3) is 0.222. The number of nitrogens with zero attached hydrogens (tertiary/aromatic N) is 3. The van der Waals surface area contributed by atoms with Crippen LogP contribution in [-0.4, -0.2) is 34.0 Å². The molecule has 2 heterocycles. The van der Waals surface area contributed by atoms with Crippen molar-refractivity contribution in [2.75, 3.05) is 12.4 Å². The molecule has 0 atom stereocenters. The van der Waals surface area contributed by atoms with Gasteiger partial charge in [-0.1, -0.05) is 17.3 Å². The van der Waals surface area contributed by atoms with Gasteiger partial charge < -0.3 is 14.7 Å². The summed E-state index contributed by atoms with van der Waals surface area (Å²) < 4.78 is 18.0. The first-order valence-corrected chi connectivity index (χ1v) is 9.21. The zero-order valence-corrected chi connectivity index (χ0v) is 16.0. The van der Waals surface area contributed by atoms with E-state index in [9.17, 15) is 14.0 Å². The molecule has 2 N–H and O–H groups in total. The first-order chi connectivity index (χ1) is 13.4. The van der Waals surface area contributed by atoms with Crippen LogP contribution < -0.4 is 10.6 Å². The number of hydrogen-bond donors (Lipinski definition) is 2. The normalized spacial score (nSPS) is 10.5. The van der Waals surface area contributed by atoms with Crippen molar-refractivity contribution >= 4 is 28.4 Å². The minimum atomic E-state index is -0.451. The molecular weight excluding hydrogens is 385 g/mol. The summed E-state index contributed by atoms with van der Waals surface area (Å²) in [4.78, 5) is 30.0. The van der Waals surface area contributed by atoms with E-state index in [1.54, 1.807) is 37.6 Å². The zero-order chi connectivity index (χ0) is 20.1. The fourth-order valence-corrected chi connectivity index (χ4v) is 3.08. The standard InChI is InChI=1S/C18H18FN5O3S/c1-11-6-15(23-27-11)16(25)24(2)9-14-10-28-18(21-14)22-17(26)20-8-12-4-3-5-13(19)7-12/h3-7,10H,8-9H2,1-2H3,(H2,20,21,22,26). The number of amides is 3. The summed E-state index contributed by atoms with van der Waals surface area (Å²) in [6, 6.07) is 7.10. The molecule has 3 amide bonds. The molecule has 8 nitrogen and oxygen atoms in total. The van der Waals surface area contributed by atoms with Crippen LogP contribution in [0.2, 0.25) is 0 Å². The van der Waals surface area contributed by atoms with Gasteiger partial charge in [0.15, 0.2) is 10.8 Å². The van der Waals surface area contributed by atoms with E-state index in [-0.39, 0.29) is 30.5 Å². The van der Waals surface area contributed by atoms with Crippen LogP contribution in [0.25, 0.3) is 0 Å². The third-order valence-electron chi connectivity index (χ3n) is 3.71. The van der Waals surface area contributed by atoms with Crippen LogP contribution in [0.15, 0.2) is 40.2 Å². The molecule has 0 unspecified atom stereocenters. The van der Waals surface area contributed by atoms with Crippen molar-refractivity contribution in [2.24, 2.45) is 0 Å². The number of thiazole rings is 1. The molecule has 146 valence electrons. The number of nitrogens with one attached hydrogen (secondary N) is 2. The van der Waals surface area contributed by atoms with Crippen LogP contribution in [0, 0.1) is 12.7 Å². The molecule has 0 bridgehead atoms. The number of benzene rings is 1. The third-order valence-corrected chi connectivity index (χ3v) is 4.51. The van der Waals surface area contributed by atoms with Gasteiger partial charge in [-0.05, 0) is 24.6 Å². The van der Waals surface area contributed by atoms with Gasteiger partial charge in [0, 0.05) is 25.0 Å². The van der Waals surface area contributed by atoms with E-state index in [0.717, 1.165) is 0 Å². The maximum Gasteiger partial charge on any atom is 0.321 e. The second-order valence-electron chi connectivity index (χ2n) is 6.07. The van der Waals surface area contributed by atoms with Crippen LogP contribution in [0.1, 0.15) is 27.5 Å². The Balaban J connectivity index is 1.50. The highest BCUT2D eigenvalue weighted by molar-refractivity contribution is 7.13. The van der Waals surface area contributed by atoms with Crippen LogP contribution in [0.4, 0.5) is 14.3 Å². The highest BCUT2D eigenvalue weighted by Gasteiger charge is 2.17.